The van der Waals surface area contributed by atoms with Gasteiger partial charge in [0.2, 0.25) is 0 Å². The van der Waals surface area contributed by atoms with Crippen LogP contribution >= 0.6 is 0 Å². The first kappa shape index (κ1) is 12.8. The van der Waals surface area contributed by atoms with E-state index >= 15 is 0 Å². The van der Waals surface area contributed by atoms with E-state index in [0.717, 1.165) is 5.56 Å². The third kappa shape index (κ3) is 3.43. The summed E-state index contributed by atoms with van der Waals surface area (Å²) < 4.78 is 5.21. The predicted molar refractivity (Wildman–Crippen MR) is 71.5 cm³/mol. The lowest BCUT2D eigenvalue weighted by Gasteiger charge is -2.05. The van der Waals surface area contributed by atoms with Gasteiger partial charge in [-0.1, -0.05) is 29.8 Å². The highest BCUT2D eigenvalue weighted by Gasteiger charge is 2.07. The van der Waals surface area contributed by atoms with Crippen molar-refractivity contribution in [2.75, 3.05) is 0 Å². The molecular weight excluding hydrogens is 238 g/mol. The van der Waals surface area contributed by atoms with Crippen molar-refractivity contribution in [2.24, 2.45) is 0 Å². The van der Waals surface area contributed by atoms with Crippen LogP contribution in [0.25, 0.3) is 0 Å². The van der Waals surface area contributed by atoms with E-state index in [1.54, 1.807) is 24.3 Å². The topological polar surface area (TPSA) is 50.1 Å². The Balaban J connectivity index is 1.97. The molecule has 0 bridgehead atoms. The second-order valence-corrected chi connectivity index (χ2v) is 4.25. The van der Waals surface area contributed by atoms with Crippen LogP contribution in [0.2, 0.25) is 0 Å². The summed E-state index contributed by atoms with van der Waals surface area (Å²) in [6.07, 6.45) is 0. The molecule has 2 aromatic rings. The van der Waals surface area contributed by atoms with Gasteiger partial charge in [-0.3, -0.25) is 0 Å². The molecule has 0 unspecified atom stereocenters. The fourth-order valence-electron chi connectivity index (χ4n) is 1.60. The van der Waals surface area contributed by atoms with Crippen LogP contribution in [0.5, 0.6) is 0 Å². The van der Waals surface area contributed by atoms with E-state index in [0.29, 0.717) is 11.1 Å². The maximum atomic E-state index is 11.8. The van der Waals surface area contributed by atoms with Crippen molar-refractivity contribution in [1.29, 1.82) is 5.26 Å². The van der Waals surface area contributed by atoms with Gasteiger partial charge in [0.1, 0.15) is 6.61 Å². The first-order valence-electron chi connectivity index (χ1n) is 5.92. The van der Waals surface area contributed by atoms with Gasteiger partial charge in [-0.15, -0.1) is 0 Å². The number of nitrogens with zero attached hydrogens (tertiary/aromatic N) is 1. The number of esters is 1. The van der Waals surface area contributed by atoms with Crippen LogP contribution in [0.3, 0.4) is 0 Å². The number of nitriles is 1. The zero-order valence-corrected chi connectivity index (χ0v) is 10.6. The van der Waals surface area contributed by atoms with Gasteiger partial charge in [-0.05, 0) is 36.8 Å². The first-order chi connectivity index (χ1) is 9.19. The summed E-state index contributed by atoms with van der Waals surface area (Å²) in [4.78, 5) is 11.8. The Kier molecular flexibility index (Phi) is 3.94. The molecule has 0 amide bonds. The molecule has 19 heavy (non-hydrogen) atoms. The van der Waals surface area contributed by atoms with Gasteiger partial charge in [0.15, 0.2) is 0 Å². The molecule has 0 spiro atoms. The Labute approximate surface area is 112 Å². The van der Waals surface area contributed by atoms with Crippen molar-refractivity contribution in [2.45, 2.75) is 13.5 Å². The summed E-state index contributed by atoms with van der Waals surface area (Å²) >= 11 is 0. The number of hydrogen-bond acceptors (Lipinski definition) is 3. The number of carbonyl (C=O) groups is 1. The zero-order chi connectivity index (χ0) is 13.7. The third-order valence-electron chi connectivity index (χ3n) is 2.74. The molecule has 3 nitrogen and oxygen atoms in total. The minimum absolute atomic E-state index is 0.249. The van der Waals surface area contributed by atoms with Gasteiger partial charge >= 0.3 is 5.97 Å². The number of hydrogen-bond donors (Lipinski definition) is 0. The lowest BCUT2D eigenvalue weighted by Crippen LogP contribution is -2.05. The van der Waals surface area contributed by atoms with Crippen molar-refractivity contribution in [3.63, 3.8) is 0 Å². The van der Waals surface area contributed by atoms with Crippen LogP contribution in [0.15, 0.2) is 48.5 Å². The molecular formula is C16H13NO2. The van der Waals surface area contributed by atoms with Crippen LogP contribution in [0.4, 0.5) is 0 Å². The Morgan fingerprint density at radius 1 is 1.11 bits per heavy atom. The average molecular weight is 251 g/mol. The largest absolute Gasteiger partial charge is 0.457 e. The molecule has 0 atom stereocenters. The number of aryl methyl sites for hydroxylation is 1. The second kappa shape index (κ2) is 5.83. The number of benzene rings is 2. The van der Waals surface area contributed by atoms with Gasteiger partial charge in [0.05, 0.1) is 17.2 Å². The summed E-state index contributed by atoms with van der Waals surface area (Å²) in [7, 11) is 0. The monoisotopic (exact) mass is 251 g/mol. The van der Waals surface area contributed by atoms with Crippen molar-refractivity contribution < 1.29 is 9.53 Å². The van der Waals surface area contributed by atoms with Gasteiger partial charge < -0.3 is 4.74 Å². The van der Waals surface area contributed by atoms with Crippen LogP contribution < -0.4 is 0 Å². The normalized spacial score (nSPS) is 9.68. The number of rotatable bonds is 3. The van der Waals surface area contributed by atoms with Crippen LogP contribution in [-0.2, 0) is 11.3 Å². The quantitative estimate of drug-likeness (QED) is 0.787. The Morgan fingerprint density at radius 3 is 2.32 bits per heavy atom. The fourth-order valence-corrected chi connectivity index (χ4v) is 1.60. The van der Waals surface area contributed by atoms with Gasteiger partial charge in [0.25, 0.3) is 0 Å². The van der Waals surface area contributed by atoms with Crippen molar-refractivity contribution in [1.82, 2.24) is 0 Å². The molecule has 0 aliphatic carbocycles. The average Bonchev–Trinajstić information content (AvgIpc) is 2.46. The van der Waals surface area contributed by atoms with E-state index < -0.39 is 0 Å². The molecule has 0 aromatic heterocycles. The highest BCUT2D eigenvalue weighted by atomic mass is 16.5. The molecule has 0 radical (unpaired) electrons. The van der Waals surface area contributed by atoms with Crippen LogP contribution in [0.1, 0.15) is 27.0 Å². The second-order valence-electron chi connectivity index (χ2n) is 4.25. The molecule has 94 valence electrons. The molecule has 2 rings (SSSR count). The van der Waals surface area contributed by atoms with E-state index in [-0.39, 0.29) is 12.6 Å². The van der Waals surface area contributed by atoms with Gasteiger partial charge in [-0.2, -0.15) is 5.26 Å². The van der Waals surface area contributed by atoms with Crippen molar-refractivity contribution in [3.05, 3.63) is 70.8 Å². The standard InChI is InChI=1S/C16H13NO2/c1-12-2-4-14(5-3-12)11-19-16(18)15-8-6-13(10-17)7-9-15/h2-9H,11H2,1H3. The smallest absolute Gasteiger partial charge is 0.338 e. The van der Waals surface area contributed by atoms with E-state index in [4.69, 9.17) is 10.00 Å². The Hall–Kier alpha value is -2.60. The first-order valence-corrected chi connectivity index (χ1v) is 5.92. The van der Waals surface area contributed by atoms with E-state index in [9.17, 15) is 4.79 Å². The maximum absolute atomic E-state index is 11.8. The van der Waals surface area contributed by atoms with E-state index in [1.165, 1.54) is 5.56 Å². The van der Waals surface area contributed by atoms with Crippen molar-refractivity contribution in [3.8, 4) is 6.07 Å². The van der Waals surface area contributed by atoms with Crippen LogP contribution in [-0.4, -0.2) is 5.97 Å². The van der Waals surface area contributed by atoms with E-state index in [2.05, 4.69) is 0 Å². The Bertz CT molecular complexity index is 607. The summed E-state index contributed by atoms with van der Waals surface area (Å²) in [5.41, 5.74) is 3.09. The highest BCUT2D eigenvalue weighted by Crippen LogP contribution is 2.09. The molecule has 3 heteroatoms. The molecule has 0 heterocycles. The van der Waals surface area contributed by atoms with Crippen LogP contribution in [0, 0.1) is 18.3 Å². The van der Waals surface area contributed by atoms with Gasteiger partial charge in [-0.25, -0.2) is 4.79 Å². The van der Waals surface area contributed by atoms with Gasteiger partial charge in [0, 0.05) is 0 Å². The third-order valence-corrected chi connectivity index (χ3v) is 2.74. The lowest BCUT2D eigenvalue weighted by molar-refractivity contribution is 0.0472. The minimum atomic E-state index is -0.384. The molecule has 0 saturated heterocycles. The fraction of sp³-hybridized carbons (Fsp3) is 0.125. The molecule has 0 saturated carbocycles. The lowest BCUT2D eigenvalue weighted by atomic mass is 10.1. The minimum Gasteiger partial charge on any atom is -0.457 e. The Morgan fingerprint density at radius 2 is 1.74 bits per heavy atom. The molecule has 0 fully saturated rings. The van der Waals surface area contributed by atoms with Crippen molar-refractivity contribution >= 4 is 5.97 Å². The predicted octanol–water partition coefficient (Wildman–Crippen LogP) is 3.22. The molecule has 0 aliphatic rings. The maximum Gasteiger partial charge on any atom is 0.338 e. The molecule has 0 N–H and O–H groups in total. The summed E-state index contributed by atoms with van der Waals surface area (Å²) in [5.74, 6) is -0.384. The summed E-state index contributed by atoms with van der Waals surface area (Å²) in [6, 6.07) is 16.2. The molecule has 0 aliphatic heterocycles. The number of carbonyl (C=O) groups excluding carboxylic acids is 1. The zero-order valence-electron chi connectivity index (χ0n) is 10.6. The number of ether oxygens (including phenoxy) is 1. The summed E-state index contributed by atoms with van der Waals surface area (Å²) in [5, 5.41) is 8.68. The van der Waals surface area contributed by atoms with E-state index in [1.807, 2.05) is 37.3 Å². The summed E-state index contributed by atoms with van der Waals surface area (Å²) in [6.45, 7) is 2.26. The SMILES string of the molecule is Cc1ccc(COC(=O)c2ccc(C#N)cc2)cc1. The molecule has 2 aromatic carbocycles. The highest BCUT2D eigenvalue weighted by molar-refractivity contribution is 5.89.